The topological polar surface area (TPSA) is 50.4 Å². The lowest BCUT2D eigenvalue weighted by atomic mass is 10.3. The van der Waals surface area contributed by atoms with E-state index in [-0.39, 0.29) is 17.4 Å². The summed E-state index contributed by atoms with van der Waals surface area (Å²) in [6.45, 7) is 0.318. The molecule has 0 unspecified atom stereocenters. The predicted molar refractivity (Wildman–Crippen MR) is 102 cm³/mol. The van der Waals surface area contributed by atoms with Gasteiger partial charge in [-0.1, -0.05) is 29.3 Å². The second kappa shape index (κ2) is 9.56. The lowest BCUT2D eigenvalue weighted by Gasteiger charge is -2.10. The van der Waals surface area contributed by atoms with E-state index in [1.807, 2.05) is 0 Å². The fourth-order valence-corrected chi connectivity index (χ4v) is 2.62. The Balaban J connectivity index is 1.69. The molecule has 0 heterocycles. The van der Waals surface area contributed by atoms with Crippen LogP contribution in [-0.2, 0) is 4.79 Å². The van der Waals surface area contributed by atoms with Gasteiger partial charge in [-0.2, -0.15) is 0 Å². The molecular weight excluding hydrogens is 386 g/mol. The zero-order valence-corrected chi connectivity index (χ0v) is 15.3. The van der Waals surface area contributed by atoms with Gasteiger partial charge in [0.25, 0.3) is 0 Å². The first-order valence-corrected chi connectivity index (χ1v) is 8.55. The number of benzene rings is 2. The summed E-state index contributed by atoms with van der Waals surface area (Å²) in [5.74, 6) is -0.147. The van der Waals surface area contributed by atoms with Crippen LogP contribution in [0.1, 0.15) is 12.8 Å². The van der Waals surface area contributed by atoms with Crippen LogP contribution in [0.25, 0.3) is 0 Å². The van der Waals surface area contributed by atoms with E-state index >= 15 is 0 Å². The number of amides is 1. The van der Waals surface area contributed by atoms with Crippen LogP contribution in [0.4, 0.5) is 10.1 Å². The third-order valence-corrected chi connectivity index (χ3v) is 3.77. The number of hydrogen-bond acceptors (Lipinski definition) is 3. The summed E-state index contributed by atoms with van der Waals surface area (Å²) < 4.78 is 18.6. The molecule has 25 heavy (non-hydrogen) atoms. The van der Waals surface area contributed by atoms with E-state index in [2.05, 4.69) is 10.6 Å². The molecule has 8 heteroatoms. The summed E-state index contributed by atoms with van der Waals surface area (Å²) in [6, 6.07) is 10.7. The maximum atomic E-state index is 13.1. The maximum Gasteiger partial charge on any atom is 0.226 e. The molecule has 0 radical (unpaired) electrons. The SMILES string of the molecule is O=C(CCCOc1ccc(Cl)cc1Cl)NC(=S)Nc1cccc(F)c1. The smallest absolute Gasteiger partial charge is 0.226 e. The van der Waals surface area contributed by atoms with E-state index in [0.717, 1.165) is 0 Å². The zero-order chi connectivity index (χ0) is 18.2. The van der Waals surface area contributed by atoms with Crippen molar-refractivity contribution in [3.8, 4) is 5.75 Å². The van der Waals surface area contributed by atoms with Gasteiger partial charge in [0, 0.05) is 17.1 Å². The quantitative estimate of drug-likeness (QED) is 0.539. The largest absolute Gasteiger partial charge is 0.492 e. The van der Waals surface area contributed by atoms with Crippen molar-refractivity contribution in [3.63, 3.8) is 0 Å². The standard InChI is InChI=1S/C17H15Cl2FN2O2S/c18-11-6-7-15(14(19)9-11)24-8-2-5-16(23)22-17(25)21-13-4-1-3-12(20)10-13/h1,3-4,6-7,9-10H,2,5,8H2,(H2,21,22,23,25). The Hall–Kier alpha value is -1.89. The zero-order valence-electron chi connectivity index (χ0n) is 13.0. The fraction of sp³-hybridized carbons (Fsp3) is 0.176. The first-order valence-electron chi connectivity index (χ1n) is 7.38. The normalized spacial score (nSPS) is 10.2. The molecule has 1 amide bonds. The molecule has 0 atom stereocenters. The Morgan fingerprint density at radius 2 is 2.00 bits per heavy atom. The molecule has 2 N–H and O–H groups in total. The van der Waals surface area contributed by atoms with Crippen LogP contribution < -0.4 is 15.4 Å². The molecule has 2 aromatic rings. The molecule has 4 nitrogen and oxygen atoms in total. The predicted octanol–water partition coefficient (Wildman–Crippen LogP) is 4.80. The summed E-state index contributed by atoms with van der Waals surface area (Å²) in [6.07, 6.45) is 0.698. The molecule has 0 aliphatic carbocycles. The van der Waals surface area contributed by atoms with Crippen LogP contribution >= 0.6 is 35.4 Å². The van der Waals surface area contributed by atoms with Gasteiger partial charge >= 0.3 is 0 Å². The number of anilines is 1. The highest BCUT2D eigenvalue weighted by Crippen LogP contribution is 2.27. The molecule has 132 valence electrons. The number of carbonyl (C=O) groups is 1. The Morgan fingerprint density at radius 3 is 2.72 bits per heavy atom. The van der Waals surface area contributed by atoms with Crippen molar-refractivity contribution in [2.24, 2.45) is 0 Å². The van der Waals surface area contributed by atoms with Crippen molar-refractivity contribution < 1.29 is 13.9 Å². The third kappa shape index (κ3) is 6.86. The third-order valence-electron chi connectivity index (χ3n) is 3.04. The Morgan fingerprint density at radius 1 is 1.20 bits per heavy atom. The highest BCUT2D eigenvalue weighted by Gasteiger charge is 2.07. The average Bonchev–Trinajstić information content (AvgIpc) is 2.53. The lowest BCUT2D eigenvalue weighted by molar-refractivity contribution is -0.119. The number of thiocarbonyl (C=S) groups is 1. The Bertz CT molecular complexity index is 774. The number of hydrogen-bond donors (Lipinski definition) is 2. The molecule has 0 saturated carbocycles. The summed E-state index contributed by atoms with van der Waals surface area (Å²) in [7, 11) is 0. The van der Waals surface area contributed by atoms with E-state index in [1.54, 1.807) is 30.3 Å². The van der Waals surface area contributed by atoms with Gasteiger partial charge in [0.05, 0.1) is 11.6 Å². The molecule has 0 aliphatic heterocycles. The van der Waals surface area contributed by atoms with Crippen molar-refractivity contribution in [1.82, 2.24) is 5.32 Å². The van der Waals surface area contributed by atoms with E-state index < -0.39 is 5.82 Å². The molecule has 0 bridgehead atoms. The van der Waals surface area contributed by atoms with Gasteiger partial charge < -0.3 is 15.4 Å². The van der Waals surface area contributed by atoms with Crippen molar-refractivity contribution >= 4 is 52.1 Å². The van der Waals surface area contributed by atoms with Gasteiger partial charge in [-0.25, -0.2) is 4.39 Å². The van der Waals surface area contributed by atoms with E-state index in [1.165, 1.54) is 12.1 Å². The number of nitrogens with one attached hydrogen (secondary N) is 2. The van der Waals surface area contributed by atoms with E-state index in [9.17, 15) is 9.18 Å². The number of rotatable bonds is 6. The minimum Gasteiger partial charge on any atom is -0.492 e. The minimum absolute atomic E-state index is 0.109. The van der Waals surface area contributed by atoms with Crippen molar-refractivity contribution in [1.29, 1.82) is 0 Å². The molecule has 0 aromatic heterocycles. The van der Waals surface area contributed by atoms with Crippen LogP contribution in [0.15, 0.2) is 42.5 Å². The first kappa shape index (κ1) is 19.4. The molecule has 2 aromatic carbocycles. The van der Waals surface area contributed by atoms with Gasteiger partial charge in [-0.15, -0.1) is 0 Å². The van der Waals surface area contributed by atoms with Crippen LogP contribution in [0.3, 0.4) is 0 Å². The highest BCUT2D eigenvalue weighted by molar-refractivity contribution is 7.80. The summed E-state index contributed by atoms with van der Waals surface area (Å²) in [5.41, 5.74) is 0.464. The molecule has 0 saturated heterocycles. The Labute approximate surface area is 160 Å². The summed E-state index contributed by atoms with van der Waals surface area (Å²) >= 11 is 16.8. The summed E-state index contributed by atoms with van der Waals surface area (Å²) in [5, 5.41) is 6.31. The number of ether oxygens (including phenoxy) is 1. The second-order valence-corrected chi connectivity index (χ2v) is 6.29. The summed E-state index contributed by atoms with van der Waals surface area (Å²) in [4.78, 5) is 11.8. The fourth-order valence-electron chi connectivity index (χ4n) is 1.92. The Kier molecular flexibility index (Phi) is 7.43. The second-order valence-electron chi connectivity index (χ2n) is 5.04. The van der Waals surface area contributed by atoms with Crippen LogP contribution in [-0.4, -0.2) is 17.6 Å². The van der Waals surface area contributed by atoms with Gasteiger partial charge in [-0.05, 0) is 55.0 Å². The number of carbonyl (C=O) groups excluding carboxylic acids is 1. The van der Waals surface area contributed by atoms with E-state index in [4.69, 9.17) is 40.2 Å². The van der Waals surface area contributed by atoms with Crippen LogP contribution in [0.5, 0.6) is 5.75 Å². The van der Waals surface area contributed by atoms with Gasteiger partial charge in [0.2, 0.25) is 5.91 Å². The van der Waals surface area contributed by atoms with Gasteiger partial charge in [0.15, 0.2) is 5.11 Å². The van der Waals surface area contributed by atoms with Crippen molar-refractivity contribution in [2.75, 3.05) is 11.9 Å². The molecule has 0 aliphatic rings. The van der Waals surface area contributed by atoms with Crippen molar-refractivity contribution in [2.45, 2.75) is 12.8 Å². The molecule has 2 rings (SSSR count). The molecular formula is C17H15Cl2FN2O2S. The van der Waals surface area contributed by atoms with Crippen LogP contribution in [0, 0.1) is 5.82 Å². The monoisotopic (exact) mass is 400 g/mol. The first-order chi connectivity index (χ1) is 11.9. The van der Waals surface area contributed by atoms with Gasteiger partial charge in [-0.3, -0.25) is 4.79 Å². The van der Waals surface area contributed by atoms with Crippen LogP contribution in [0.2, 0.25) is 10.0 Å². The average molecular weight is 401 g/mol. The van der Waals surface area contributed by atoms with E-state index in [0.29, 0.717) is 34.5 Å². The molecule has 0 spiro atoms. The maximum absolute atomic E-state index is 13.1. The highest BCUT2D eigenvalue weighted by atomic mass is 35.5. The number of halogens is 3. The molecule has 0 fully saturated rings. The van der Waals surface area contributed by atoms with Crippen molar-refractivity contribution in [3.05, 3.63) is 58.3 Å². The minimum atomic E-state index is -0.392. The van der Waals surface area contributed by atoms with Gasteiger partial charge in [0.1, 0.15) is 11.6 Å². The lowest BCUT2D eigenvalue weighted by Crippen LogP contribution is -2.34.